The van der Waals surface area contributed by atoms with E-state index in [0.717, 1.165) is 34.8 Å². The molecule has 2 aromatic rings. The van der Waals surface area contributed by atoms with Crippen molar-refractivity contribution in [3.05, 3.63) is 46.8 Å². The highest BCUT2D eigenvalue weighted by Crippen LogP contribution is 2.24. The molecule has 3 rings (SSSR count). The fourth-order valence-electron chi connectivity index (χ4n) is 4.14. The number of amides is 1. The lowest BCUT2D eigenvalue weighted by molar-refractivity contribution is -0.133. The van der Waals surface area contributed by atoms with Gasteiger partial charge in [-0.3, -0.25) is 9.48 Å². The number of methoxy groups -OCH3 is 1. The third-order valence-corrected chi connectivity index (χ3v) is 7.63. The number of ether oxygens (including phenoxy) is 1. The molecule has 170 valence electrons. The summed E-state index contributed by atoms with van der Waals surface area (Å²) in [5, 5.41) is 4.62. The van der Waals surface area contributed by atoms with Gasteiger partial charge >= 0.3 is 0 Å². The Bertz CT molecular complexity index is 1030. The van der Waals surface area contributed by atoms with Crippen molar-refractivity contribution < 1.29 is 17.9 Å². The zero-order valence-corrected chi connectivity index (χ0v) is 19.9. The SMILES string of the molecule is COc1ccc(CN(C(=O)Cc2c(C)nn(CC(C)C)c2C)C2CCS(=O)(=O)C2)cc1. The molecule has 1 fully saturated rings. The van der Waals surface area contributed by atoms with Crippen LogP contribution in [0.4, 0.5) is 0 Å². The van der Waals surface area contributed by atoms with E-state index in [2.05, 4.69) is 18.9 Å². The molecule has 0 radical (unpaired) electrons. The minimum atomic E-state index is -3.11. The fourth-order valence-corrected chi connectivity index (χ4v) is 5.87. The van der Waals surface area contributed by atoms with Crippen molar-refractivity contribution in [1.82, 2.24) is 14.7 Å². The second-order valence-corrected chi connectivity index (χ2v) is 11.1. The maximum absolute atomic E-state index is 13.4. The van der Waals surface area contributed by atoms with Crippen LogP contribution in [0.2, 0.25) is 0 Å². The Morgan fingerprint density at radius 1 is 1.26 bits per heavy atom. The van der Waals surface area contributed by atoms with E-state index in [0.29, 0.717) is 18.9 Å². The Hall–Kier alpha value is -2.35. The molecule has 0 saturated carbocycles. The van der Waals surface area contributed by atoms with Crippen LogP contribution in [-0.2, 0) is 34.1 Å². The highest BCUT2D eigenvalue weighted by molar-refractivity contribution is 7.91. The van der Waals surface area contributed by atoms with Crippen molar-refractivity contribution in [3.63, 3.8) is 0 Å². The van der Waals surface area contributed by atoms with E-state index in [9.17, 15) is 13.2 Å². The first-order valence-electron chi connectivity index (χ1n) is 10.8. The molecule has 1 unspecified atom stereocenters. The minimum absolute atomic E-state index is 0.0273. The standard InChI is InChI=1S/C23H33N3O4S/c1-16(2)13-26-18(4)22(17(3)24-26)12-23(27)25(20-10-11-31(28,29)15-20)14-19-6-8-21(30-5)9-7-19/h6-9,16,20H,10-15H2,1-5H3. The van der Waals surface area contributed by atoms with Crippen molar-refractivity contribution in [2.75, 3.05) is 18.6 Å². The lowest BCUT2D eigenvalue weighted by Crippen LogP contribution is -2.41. The molecule has 0 spiro atoms. The summed E-state index contributed by atoms with van der Waals surface area (Å²) >= 11 is 0. The molecule has 1 aromatic heterocycles. The summed E-state index contributed by atoms with van der Waals surface area (Å²) in [6, 6.07) is 7.24. The average molecular weight is 448 g/mol. The number of aryl methyl sites for hydroxylation is 1. The monoisotopic (exact) mass is 447 g/mol. The lowest BCUT2D eigenvalue weighted by Gasteiger charge is -2.29. The molecule has 1 aromatic carbocycles. The van der Waals surface area contributed by atoms with Crippen LogP contribution in [0.15, 0.2) is 24.3 Å². The van der Waals surface area contributed by atoms with Gasteiger partial charge in [0.2, 0.25) is 5.91 Å². The van der Waals surface area contributed by atoms with Crippen LogP contribution in [0.1, 0.15) is 42.8 Å². The van der Waals surface area contributed by atoms with E-state index < -0.39 is 9.84 Å². The average Bonchev–Trinajstić information content (AvgIpc) is 3.19. The maximum Gasteiger partial charge on any atom is 0.227 e. The molecule has 0 aliphatic carbocycles. The largest absolute Gasteiger partial charge is 0.497 e. The van der Waals surface area contributed by atoms with Crippen molar-refractivity contribution in [3.8, 4) is 5.75 Å². The van der Waals surface area contributed by atoms with Gasteiger partial charge in [0.1, 0.15) is 5.75 Å². The van der Waals surface area contributed by atoms with E-state index in [1.165, 1.54) is 0 Å². The number of hydrogen-bond donors (Lipinski definition) is 0. The molecule has 31 heavy (non-hydrogen) atoms. The Kier molecular flexibility index (Phi) is 7.09. The maximum atomic E-state index is 13.4. The predicted molar refractivity (Wildman–Crippen MR) is 121 cm³/mol. The first-order chi connectivity index (χ1) is 14.6. The number of rotatable bonds is 8. The van der Waals surface area contributed by atoms with Gasteiger partial charge in [-0.15, -0.1) is 0 Å². The minimum Gasteiger partial charge on any atom is -0.497 e. The number of carbonyl (C=O) groups excluding carboxylic acids is 1. The summed E-state index contributed by atoms with van der Waals surface area (Å²) in [7, 11) is -1.50. The second-order valence-electron chi connectivity index (χ2n) is 8.83. The first kappa shape index (κ1) is 23.3. The Morgan fingerprint density at radius 3 is 2.48 bits per heavy atom. The van der Waals surface area contributed by atoms with Gasteiger partial charge in [-0.2, -0.15) is 5.10 Å². The Morgan fingerprint density at radius 2 is 1.94 bits per heavy atom. The topological polar surface area (TPSA) is 81.5 Å². The molecule has 8 heteroatoms. The van der Waals surface area contributed by atoms with Crippen molar-refractivity contribution >= 4 is 15.7 Å². The molecular weight excluding hydrogens is 414 g/mol. The van der Waals surface area contributed by atoms with Crippen molar-refractivity contribution in [2.24, 2.45) is 5.92 Å². The quantitative estimate of drug-likeness (QED) is 0.621. The van der Waals surface area contributed by atoms with Crippen LogP contribution >= 0.6 is 0 Å². The third kappa shape index (κ3) is 5.67. The van der Waals surface area contributed by atoms with Gasteiger partial charge in [-0.1, -0.05) is 26.0 Å². The van der Waals surface area contributed by atoms with Gasteiger partial charge in [0.15, 0.2) is 9.84 Å². The molecule has 0 bridgehead atoms. The summed E-state index contributed by atoms with van der Waals surface area (Å²) in [4.78, 5) is 15.2. The molecule has 0 N–H and O–H groups in total. The van der Waals surface area contributed by atoms with Crippen LogP contribution in [0.5, 0.6) is 5.75 Å². The molecule has 2 heterocycles. The Balaban J connectivity index is 1.84. The second kappa shape index (κ2) is 9.42. The van der Waals surface area contributed by atoms with E-state index in [-0.39, 0.29) is 29.9 Å². The summed E-state index contributed by atoms with van der Waals surface area (Å²) in [5.41, 5.74) is 3.74. The predicted octanol–water partition coefficient (Wildman–Crippen LogP) is 2.92. The van der Waals surface area contributed by atoms with Crippen LogP contribution in [0, 0.1) is 19.8 Å². The van der Waals surface area contributed by atoms with Crippen LogP contribution in [0.25, 0.3) is 0 Å². The zero-order valence-electron chi connectivity index (χ0n) is 19.1. The summed E-state index contributed by atoms with van der Waals surface area (Å²) < 4.78 is 31.4. The summed E-state index contributed by atoms with van der Waals surface area (Å²) in [6.45, 7) is 9.38. The molecule has 1 aliphatic rings. The highest BCUT2D eigenvalue weighted by atomic mass is 32.2. The number of benzene rings is 1. The molecule has 1 aliphatic heterocycles. The normalized spacial score (nSPS) is 17.8. The summed E-state index contributed by atoms with van der Waals surface area (Å²) in [5.74, 6) is 1.30. The lowest BCUT2D eigenvalue weighted by atomic mass is 10.1. The van der Waals surface area contributed by atoms with Gasteiger partial charge in [0.25, 0.3) is 0 Å². The van der Waals surface area contributed by atoms with Gasteiger partial charge in [-0.25, -0.2) is 8.42 Å². The molecule has 1 amide bonds. The Labute approximate surface area is 185 Å². The van der Waals surface area contributed by atoms with Gasteiger partial charge < -0.3 is 9.64 Å². The van der Waals surface area contributed by atoms with E-state index in [1.807, 2.05) is 42.8 Å². The number of carbonyl (C=O) groups is 1. The molecule has 7 nitrogen and oxygen atoms in total. The van der Waals surface area contributed by atoms with Gasteiger partial charge in [-0.05, 0) is 43.9 Å². The first-order valence-corrected chi connectivity index (χ1v) is 12.6. The van der Waals surface area contributed by atoms with Crippen molar-refractivity contribution in [1.29, 1.82) is 0 Å². The number of aromatic nitrogens is 2. The number of nitrogens with zero attached hydrogens (tertiary/aromatic N) is 3. The van der Waals surface area contributed by atoms with Crippen LogP contribution in [-0.4, -0.2) is 53.7 Å². The fraction of sp³-hybridized carbons (Fsp3) is 0.565. The van der Waals surface area contributed by atoms with Crippen molar-refractivity contribution in [2.45, 2.75) is 59.7 Å². The molecular formula is C23H33N3O4S. The third-order valence-electron chi connectivity index (χ3n) is 5.88. The van der Waals surface area contributed by atoms with Crippen LogP contribution in [0.3, 0.4) is 0 Å². The summed E-state index contributed by atoms with van der Waals surface area (Å²) in [6.07, 6.45) is 0.706. The molecule has 1 saturated heterocycles. The zero-order chi connectivity index (χ0) is 22.8. The van der Waals surface area contributed by atoms with Crippen LogP contribution < -0.4 is 4.74 Å². The smallest absolute Gasteiger partial charge is 0.227 e. The van der Waals surface area contributed by atoms with E-state index in [4.69, 9.17) is 4.74 Å². The van der Waals surface area contributed by atoms with E-state index >= 15 is 0 Å². The highest BCUT2D eigenvalue weighted by Gasteiger charge is 2.35. The van der Waals surface area contributed by atoms with Gasteiger partial charge in [0, 0.05) is 30.4 Å². The number of sulfone groups is 1. The van der Waals surface area contributed by atoms with E-state index in [1.54, 1.807) is 12.0 Å². The van der Waals surface area contributed by atoms with Gasteiger partial charge in [0.05, 0.1) is 30.7 Å². The molecule has 1 atom stereocenters. The number of hydrogen-bond acceptors (Lipinski definition) is 5.